The molecule has 0 amide bonds. The van der Waals surface area contributed by atoms with Gasteiger partial charge >= 0.3 is 0 Å². The van der Waals surface area contributed by atoms with Crippen LogP contribution in [0, 0.1) is 5.82 Å². The van der Waals surface area contributed by atoms with Gasteiger partial charge in [0.1, 0.15) is 5.82 Å². The number of halogens is 1. The van der Waals surface area contributed by atoms with Crippen LogP contribution in [0.15, 0.2) is 34.3 Å². The van der Waals surface area contributed by atoms with E-state index in [1.807, 2.05) is 19.0 Å². The van der Waals surface area contributed by atoms with Crippen molar-refractivity contribution in [3.8, 4) is 0 Å². The number of rotatable bonds is 1. The van der Waals surface area contributed by atoms with Crippen LogP contribution >= 0.6 is 0 Å². The summed E-state index contributed by atoms with van der Waals surface area (Å²) in [4.78, 5) is 10.4. The maximum atomic E-state index is 12.8. The maximum Gasteiger partial charge on any atom is 0.201 e. The van der Waals surface area contributed by atoms with Crippen molar-refractivity contribution in [3.63, 3.8) is 0 Å². The standard InChI is InChI=1S/C11H13FN4/c1-16(2)11-14-7-13-10(15-11)8-3-5-9(12)6-4-8/h3-7,10H,1-2H3,(H,13,14,15). The smallest absolute Gasteiger partial charge is 0.201 e. The minimum Gasteiger partial charge on any atom is -0.349 e. The molecule has 0 saturated heterocycles. The minimum atomic E-state index is -0.292. The summed E-state index contributed by atoms with van der Waals surface area (Å²) >= 11 is 0. The summed E-state index contributed by atoms with van der Waals surface area (Å²) in [5.74, 6) is 0.489. The van der Waals surface area contributed by atoms with Crippen LogP contribution in [0.4, 0.5) is 4.39 Å². The van der Waals surface area contributed by atoms with Crippen LogP contribution in [-0.2, 0) is 0 Å². The van der Waals surface area contributed by atoms with Crippen molar-refractivity contribution in [2.75, 3.05) is 14.1 Å². The quantitative estimate of drug-likeness (QED) is 0.776. The van der Waals surface area contributed by atoms with Crippen LogP contribution in [0.3, 0.4) is 0 Å². The second-order valence-corrected chi connectivity index (χ2v) is 3.69. The van der Waals surface area contributed by atoms with Crippen LogP contribution in [0.1, 0.15) is 11.7 Å². The minimum absolute atomic E-state index is 0.251. The summed E-state index contributed by atoms with van der Waals surface area (Å²) in [5.41, 5.74) is 0.874. The van der Waals surface area contributed by atoms with E-state index < -0.39 is 0 Å². The molecule has 1 atom stereocenters. The lowest BCUT2D eigenvalue weighted by molar-refractivity contribution is 0.581. The van der Waals surface area contributed by atoms with Gasteiger partial charge in [0.05, 0.1) is 6.34 Å². The van der Waals surface area contributed by atoms with Gasteiger partial charge in [-0.15, -0.1) is 0 Å². The fraction of sp³-hybridized carbons (Fsp3) is 0.273. The maximum absolute atomic E-state index is 12.8. The lowest BCUT2D eigenvalue weighted by Gasteiger charge is -2.21. The van der Waals surface area contributed by atoms with Crippen molar-refractivity contribution in [2.24, 2.45) is 9.98 Å². The second-order valence-electron chi connectivity index (χ2n) is 3.69. The third-order valence-electron chi connectivity index (χ3n) is 2.25. The molecule has 4 nitrogen and oxygen atoms in total. The SMILES string of the molecule is CN(C)C1=NC(c2ccc(F)cc2)N=CN1. The van der Waals surface area contributed by atoms with Crippen LogP contribution in [0.2, 0.25) is 0 Å². The van der Waals surface area contributed by atoms with Gasteiger partial charge in [-0.3, -0.25) is 0 Å². The highest BCUT2D eigenvalue weighted by atomic mass is 19.1. The molecule has 0 fully saturated rings. The first-order valence-corrected chi connectivity index (χ1v) is 4.95. The number of hydrogen-bond acceptors (Lipinski definition) is 4. The van der Waals surface area contributed by atoms with Crippen molar-refractivity contribution in [1.29, 1.82) is 0 Å². The van der Waals surface area contributed by atoms with Gasteiger partial charge in [0, 0.05) is 14.1 Å². The monoisotopic (exact) mass is 220 g/mol. The number of nitrogens with zero attached hydrogens (tertiary/aromatic N) is 3. The molecule has 0 aliphatic carbocycles. The van der Waals surface area contributed by atoms with Gasteiger partial charge in [-0.05, 0) is 17.7 Å². The van der Waals surface area contributed by atoms with E-state index in [1.165, 1.54) is 12.1 Å². The van der Waals surface area contributed by atoms with Crippen LogP contribution < -0.4 is 5.32 Å². The summed E-state index contributed by atoms with van der Waals surface area (Å²) < 4.78 is 12.8. The Kier molecular flexibility index (Phi) is 2.85. The number of guanidine groups is 1. The molecule has 1 unspecified atom stereocenters. The van der Waals surface area contributed by atoms with Crippen LogP contribution in [0.5, 0.6) is 0 Å². The van der Waals surface area contributed by atoms with Gasteiger partial charge in [-0.1, -0.05) is 12.1 Å². The largest absolute Gasteiger partial charge is 0.349 e. The summed E-state index contributed by atoms with van der Waals surface area (Å²) in [6.45, 7) is 0. The van der Waals surface area contributed by atoms with E-state index >= 15 is 0 Å². The van der Waals surface area contributed by atoms with E-state index in [0.29, 0.717) is 0 Å². The molecule has 84 valence electrons. The first-order valence-electron chi connectivity index (χ1n) is 4.95. The molecule has 1 aromatic carbocycles. The molecule has 0 bridgehead atoms. The molecular weight excluding hydrogens is 207 g/mol. The Hall–Kier alpha value is -1.91. The summed E-state index contributed by atoms with van der Waals surface area (Å²) in [6.07, 6.45) is 1.32. The van der Waals surface area contributed by atoms with Crippen molar-refractivity contribution >= 4 is 12.3 Å². The zero-order valence-electron chi connectivity index (χ0n) is 9.18. The molecule has 1 aliphatic rings. The first kappa shape index (κ1) is 10.6. The Morgan fingerprint density at radius 3 is 2.56 bits per heavy atom. The lowest BCUT2D eigenvalue weighted by Crippen LogP contribution is -2.37. The highest BCUT2D eigenvalue weighted by Crippen LogP contribution is 2.20. The van der Waals surface area contributed by atoms with E-state index in [0.717, 1.165) is 11.5 Å². The van der Waals surface area contributed by atoms with Crippen molar-refractivity contribution in [2.45, 2.75) is 6.17 Å². The Morgan fingerprint density at radius 1 is 1.25 bits per heavy atom. The molecule has 1 N–H and O–H groups in total. The average molecular weight is 220 g/mol. The van der Waals surface area contributed by atoms with Gasteiger partial charge in [-0.2, -0.15) is 0 Å². The van der Waals surface area contributed by atoms with Gasteiger partial charge < -0.3 is 10.2 Å². The highest BCUT2D eigenvalue weighted by molar-refractivity contribution is 5.91. The normalized spacial score (nSPS) is 18.9. The number of nitrogens with one attached hydrogen (secondary N) is 1. The molecule has 0 saturated carbocycles. The molecule has 0 radical (unpaired) electrons. The Labute approximate surface area is 93.5 Å². The van der Waals surface area contributed by atoms with Gasteiger partial charge in [0.25, 0.3) is 0 Å². The molecule has 2 rings (SSSR count). The molecular formula is C11H13FN4. The predicted molar refractivity (Wildman–Crippen MR) is 61.9 cm³/mol. The summed E-state index contributed by atoms with van der Waals surface area (Å²) in [7, 11) is 3.79. The summed E-state index contributed by atoms with van der Waals surface area (Å²) in [5, 5.41) is 2.94. The molecule has 1 aromatic rings. The van der Waals surface area contributed by atoms with E-state index in [1.54, 1.807) is 18.5 Å². The zero-order chi connectivity index (χ0) is 11.5. The Bertz CT molecular complexity index is 422. The van der Waals surface area contributed by atoms with Crippen LogP contribution in [-0.4, -0.2) is 31.3 Å². The van der Waals surface area contributed by atoms with Crippen LogP contribution in [0.25, 0.3) is 0 Å². The number of benzene rings is 1. The predicted octanol–water partition coefficient (Wildman–Crippen LogP) is 1.37. The van der Waals surface area contributed by atoms with Gasteiger partial charge in [-0.25, -0.2) is 14.4 Å². The topological polar surface area (TPSA) is 40.0 Å². The van der Waals surface area contributed by atoms with E-state index in [-0.39, 0.29) is 12.0 Å². The summed E-state index contributed by atoms with van der Waals surface area (Å²) in [6, 6.07) is 6.22. The number of hydrogen-bond donors (Lipinski definition) is 1. The average Bonchev–Trinajstić information content (AvgIpc) is 2.30. The molecule has 0 spiro atoms. The van der Waals surface area contributed by atoms with E-state index in [9.17, 15) is 4.39 Å². The van der Waals surface area contributed by atoms with Crippen molar-refractivity contribution in [3.05, 3.63) is 35.6 Å². The fourth-order valence-corrected chi connectivity index (χ4v) is 1.39. The van der Waals surface area contributed by atoms with Crippen molar-refractivity contribution < 1.29 is 4.39 Å². The third kappa shape index (κ3) is 2.18. The van der Waals surface area contributed by atoms with E-state index in [4.69, 9.17) is 0 Å². The Balaban J connectivity index is 2.24. The Morgan fingerprint density at radius 2 is 1.94 bits per heavy atom. The highest BCUT2D eigenvalue weighted by Gasteiger charge is 2.13. The molecule has 16 heavy (non-hydrogen) atoms. The van der Waals surface area contributed by atoms with Gasteiger partial charge in [0.15, 0.2) is 6.17 Å². The fourth-order valence-electron chi connectivity index (χ4n) is 1.39. The second kappa shape index (κ2) is 4.30. The molecule has 1 aliphatic heterocycles. The third-order valence-corrected chi connectivity index (χ3v) is 2.25. The lowest BCUT2D eigenvalue weighted by atomic mass is 10.2. The van der Waals surface area contributed by atoms with E-state index in [2.05, 4.69) is 15.3 Å². The molecule has 5 heteroatoms. The number of aliphatic imine (C=N–C) groups is 2. The first-order chi connectivity index (χ1) is 7.66. The van der Waals surface area contributed by atoms with Crippen molar-refractivity contribution in [1.82, 2.24) is 10.2 Å². The molecule has 1 heterocycles. The molecule has 0 aromatic heterocycles. The van der Waals surface area contributed by atoms with Gasteiger partial charge in [0.2, 0.25) is 5.96 Å². The zero-order valence-corrected chi connectivity index (χ0v) is 9.18.